The van der Waals surface area contributed by atoms with E-state index in [1.165, 1.54) is 23.6 Å². The SMILES string of the molecule is C[N@+]12CCC[P+](C)(C)[C@@H]1[P+](C)(c1ccccc1)c1ccccc12. The Kier molecular flexibility index (Phi) is 3.51. The van der Waals surface area contributed by atoms with Crippen molar-refractivity contribution in [3.63, 3.8) is 0 Å². The molecule has 0 N–H and O–H groups in total. The molecule has 0 spiro atoms. The zero-order chi connectivity index (χ0) is 16.3. The highest BCUT2D eigenvalue weighted by atomic mass is 31.2. The maximum Gasteiger partial charge on any atom is 0.292 e. The fraction of sp³-hybridized carbons (Fsp3) is 0.400. The standard InChI is InChI=1S/C20H28NP2/c1-21-15-10-16-22(2,3)20(21)23(4,17-11-6-5-7-12-17)19-14-9-8-13-18(19)21/h5-9,11-14,20H,10,15-16H2,1-4H3/q+3/t20-,21-,23?/m1/s1. The van der Waals surface area contributed by atoms with Crippen molar-refractivity contribution in [2.45, 2.75) is 11.9 Å². The summed E-state index contributed by atoms with van der Waals surface area (Å²) >= 11 is 0. The topological polar surface area (TPSA) is 0 Å². The van der Waals surface area contributed by atoms with Gasteiger partial charge < -0.3 is 0 Å². The molecule has 0 bridgehead atoms. The van der Waals surface area contributed by atoms with Gasteiger partial charge >= 0.3 is 0 Å². The van der Waals surface area contributed by atoms with Crippen LogP contribution < -0.4 is 15.1 Å². The molecule has 0 aliphatic carbocycles. The molecule has 2 aliphatic heterocycles. The van der Waals surface area contributed by atoms with E-state index in [0.29, 0.717) is 0 Å². The van der Waals surface area contributed by atoms with Gasteiger partial charge in [-0.25, -0.2) is 4.48 Å². The summed E-state index contributed by atoms with van der Waals surface area (Å²) in [4.78, 5) is 0. The van der Waals surface area contributed by atoms with Crippen LogP contribution in [0.15, 0.2) is 54.6 Å². The van der Waals surface area contributed by atoms with Crippen molar-refractivity contribution in [1.29, 1.82) is 0 Å². The second-order valence-electron chi connectivity index (χ2n) is 8.09. The molecule has 0 aromatic heterocycles. The molecule has 1 unspecified atom stereocenters. The molecule has 3 atom stereocenters. The molecule has 2 aromatic rings. The number of para-hydroxylation sites is 1. The van der Waals surface area contributed by atoms with Gasteiger partial charge in [0.1, 0.15) is 12.6 Å². The molecule has 2 aliphatic rings. The summed E-state index contributed by atoms with van der Waals surface area (Å²) in [7, 11) is 0.213. The number of benzene rings is 2. The molecule has 3 heteroatoms. The Hall–Kier alpha value is -0.740. The third-order valence-corrected chi connectivity index (χ3v) is 16.9. The summed E-state index contributed by atoms with van der Waals surface area (Å²) in [6.45, 7) is 9.19. The molecule has 0 amide bonds. The van der Waals surface area contributed by atoms with Gasteiger partial charge in [-0.15, -0.1) is 0 Å². The summed E-state index contributed by atoms with van der Waals surface area (Å²) in [6.07, 6.45) is 2.85. The predicted molar refractivity (Wildman–Crippen MR) is 110 cm³/mol. The quantitative estimate of drug-likeness (QED) is 0.537. The lowest BCUT2D eigenvalue weighted by Gasteiger charge is -2.43. The third kappa shape index (κ3) is 2.03. The summed E-state index contributed by atoms with van der Waals surface area (Å²) in [5.41, 5.74) is 2.42. The van der Waals surface area contributed by atoms with Crippen molar-refractivity contribution in [2.75, 3.05) is 39.7 Å². The molecule has 23 heavy (non-hydrogen) atoms. The van der Waals surface area contributed by atoms with E-state index in [1.54, 1.807) is 16.3 Å². The van der Waals surface area contributed by atoms with Crippen LogP contribution in [0, 0.1) is 0 Å². The Bertz CT molecular complexity index is 742. The van der Waals surface area contributed by atoms with Crippen LogP contribution >= 0.6 is 14.5 Å². The highest BCUT2D eigenvalue weighted by Crippen LogP contribution is 2.81. The summed E-state index contributed by atoms with van der Waals surface area (Å²) in [6, 6.07) is 20.8. The van der Waals surface area contributed by atoms with Crippen molar-refractivity contribution in [3.05, 3.63) is 54.6 Å². The average molecular weight is 344 g/mol. The van der Waals surface area contributed by atoms with Crippen molar-refractivity contribution in [1.82, 2.24) is 4.48 Å². The Morgan fingerprint density at radius 1 is 0.913 bits per heavy atom. The van der Waals surface area contributed by atoms with Gasteiger partial charge in [-0.1, -0.05) is 30.3 Å². The van der Waals surface area contributed by atoms with E-state index in [2.05, 4.69) is 81.6 Å². The maximum atomic E-state index is 2.63. The molecule has 2 aromatic carbocycles. The number of hydrogen-bond acceptors (Lipinski definition) is 0. The van der Waals surface area contributed by atoms with Gasteiger partial charge in [0.05, 0.1) is 39.7 Å². The second kappa shape index (κ2) is 5.13. The smallest absolute Gasteiger partial charge is 0.225 e. The molecule has 2 heterocycles. The minimum absolute atomic E-state index is 0.809. The predicted octanol–water partition coefficient (Wildman–Crippen LogP) is 4.20. The van der Waals surface area contributed by atoms with E-state index in [0.717, 1.165) is 5.52 Å². The lowest BCUT2D eigenvalue weighted by atomic mass is 10.2. The molecule has 0 radical (unpaired) electrons. The third-order valence-electron chi connectivity index (χ3n) is 6.18. The molecule has 1 saturated heterocycles. The van der Waals surface area contributed by atoms with Crippen LogP contribution in [0.2, 0.25) is 0 Å². The van der Waals surface area contributed by atoms with Gasteiger partial charge in [-0.05, 0) is 18.2 Å². The zero-order valence-electron chi connectivity index (χ0n) is 14.7. The number of quaternary nitrogens is 1. The van der Waals surface area contributed by atoms with Gasteiger partial charge in [0, 0.05) is 12.5 Å². The normalized spacial score (nSPS) is 34.7. The Morgan fingerprint density at radius 3 is 2.30 bits per heavy atom. The monoisotopic (exact) mass is 344 g/mol. The first-order valence-electron chi connectivity index (χ1n) is 8.60. The molecule has 4 rings (SSSR count). The van der Waals surface area contributed by atoms with E-state index >= 15 is 0 Å². The van der Waals surface area contributed by atoms with E-state index in [-0.39, 0.29) is 0 Å². The number of hydrogen-bond donors (Lipinski definition) is 0. The van der Waals surface area contributed by atoms with Crippen molar-refractivity contribution < 1.29 is 0 Å². The highest BCUT2D eigenvalue weighted by Gasteiger charge is 2.74. The van der Waals surface area contributed by atoms with E-state index in [1.807, 2.05) is 0 Å². The van der Waals surface area contributed by atoms with Gasteiger partial charge in [0.15, 0.2) is 18.3 Å². The summed E-state index contributed by atoms with van der Waals surface area (Å²) in [5.74, 6) is 0. The highest BCUT2D eigenvalue weighted by molar-refractivity contribution is 8.00. The van der Waals surface area contributed by atoms with Crippen molar-refractivity contribution in [2.24, 2.45) is 0 Å². The van der Waals surface area contributed by atoms with Gasteiger partial charge in [0.2, 0.25) is 0 Å². The average Bonchev–Trinajstić information content (AvgIpc) is 2.76. The largest absolute Gasteiger partial charge is 0.292 e. The van der Waals surface area contributed by atoms with Gasteiger partial charge in [-0.3, -0.25) is 0 Å². The van der Waals surface area contributed by atoms with Crippen LogP contribution in [-0.2, 0) is 0 Å². The lowest BCUT2D eigenvalue weighted by Crippen LogP contribution is -2.56. The van der Waals surface area contributed by atoms with Crippen LogP contribution in [0.1, 0.15) is 6.42 Å². The van der Waals surface area contributed by atoms with Crippen LogP contribution in [-0.4, -0.2) is 45.3 Å². The Balaban J connectivity index is 2.04. The minimum Gasteiger partial charge on any atom is -0.225 e. The molecule has 0 saturated carbocycles. The van der Waals surface area contributed by atoms with Gasteiger partial charge in [-0.2, -0.15) is 0 Å². The molecular weight excluding hydrogens is 316 g/mol. The number of rotatable bonds is 1. The summed E-state index contributed by atoms with van der Waals surface area (Å²) in [5, 5.41) is 3.28. The number of nitrogens with zero attached hydrogens (tertiary/aromatic N) is 1. The van der Waals surface area contributed by atoms with Crippen LogP contribution in [0.4, 0.5) is 5.69 Å². The number of fused-ring (bicyclic) bond motifs is 3. The molecule has 1 fully saturated rings. The fourth-order valence-electron chi connectivity index (χ4n) is 5.53. The van der Waals surface area contributed by atoms with Crippen molar-refractivity contribution >= 4 is 30.8 Å². The molecule has 120 valence electrons. The van der Waals surface area contributed by atoms with E-state index in [9.17, 15) is 0 Å². The summed E-state index contributed by atoms with van der Waals surface area (Å²) < 4.78 is 1.19. The lowest BCUT2D eigenvalue weighted by molar-refractivity contribution is 0.352. The first-order valence-corrected chi connectivity index (χ1v) is 13.8. The maximum absolute atomic E-state index is 2.63. The van der Waals surface area contributed by atoms with Gasteiger partial charge in [0.25, 0.3) is 5.52 Å². The minimum atomic E-state index is -1.36. The molecular formula is C20H28NP2+3. The van der Waals surface area contributed by atoms with Crippen LogP contribution in [0.3, 0.4) is 0 Å². The van der Waals surface area contributed by atoms with E-state index in [4.69, 9.17) is 0 Å². The Morgan fingerprint density at radius 2 is 1.57 bits per heavy atom. The first-order chi connectivity index (χ1) is 10.9. The van der Waals surface area contributed by atoms with Crippen molar-refractivity contribution in [3.8, 4) is 0 Å². The first kappa shape index (κ1) is 15.8. The zero-order valence-corrected chi connectivity index (χ0v) is 16.5. The Labute approximate surface area is 142 Å². The van der Waals surface area contributed by atoms with Crippen LogP contribution in [0.5, 0.6) is 0 Å². The van der Waals surface area contributed by atoms with Crippen LogP contribution in [0.25, 0.3) is 0 Å². The molecule has 1 nitrogen and oxygen atoms in total. The van der Waals surface area contributed by atoms with E-state index < -0.39 is 14.5 Å². The second-order valence-corrected chi connectivity index (χ2v) is 16.6. The fourth-order valence-corrected chi connectivity index (χ4v) is 18.5.